The number of rotatable bonds is 5. The Morgan fingerprint density at radius 1 is 1.30 bits per heavy atom. The molecule has 0 spiro atoms. The zero-order chi connectivity index (χ0) is 7.98. The molecule has 0 aromatic carbocycles. The van der Waals surface area contributed by atoms with Crippen molar-refractivity contribution in [3.63, 3.8) is 0 Å². The van der Waals surface area contributed by atoms with Gasteiger partial charge in [-0.05, 0) is 18.8 Å². The zero-order valence-electron chi connectivity index (χ0n) is 7.26. The van der Waals surface area contributed by atoms with Crippen LogP contribution in [0.2, 0.25) is 0 Å². The molecule has 0 fully saturated rings. The number of carbonyl (C=O) groups is 1. The van der Waals surface area contributed by atoms with Crippen molar-refractivity contribution < 1.29 is 4.79 Å². The molecule has 60 valence electrons. The van der Waals surface area contributed by atoms with E-state index in [0.29, 0.717) is 11.8 Å². The van der Waals surface area contributed by atoms with Gasteiger partial charge < -0.3 is 4.79 Å². The van der Waals surface area contributed by atoms with Gasteiger partial charge in [0.25, 0.3) is 0 Å². The fraction of sp³-hybridized carbons (Fsp3) is 0.889. The number of aldehydes is 1. The Morgan fingerprint density at radius 2 is 1.90 bits per heavy atom. The lowest BCUT2D eigenvalue weighted by Gasteiger charge is -2.11. The summed E-state index contributed by atoms with van der Waals surface area (Å²) in [5.74, 6) is 1.00. The first-order valence-corrected chi connectivity index (χ1v) is 4.19. The second-order valence-corrected chi connectivity index (χ2v) is 3.05. The Bertz CT molecular complexity index is 88.7. The average molecular weight is 142 g/mol. The van der Waals surface area contributed by atoms with Crippen molar-refractivity contribution in [2.24, 2.45) is 11.8 Å². The van der Waals surface area contributed by atoms with Gasteiger partial charge in [-0.2, -0.15) is 0 Å². The highest BCUT2D eigenvalue weighted by atomic mass is 16.1. The first kappa shape index (κ1) is 9.67. The van der Waals surface area contributed by atoms with Crippen LogP contribution < -0.4 is 0 Å². The van der Waals surface area contributed by atoms with Crippen LogP contribution >= 0.6 is 0 Å². The fourth-order valence-corrected chi connectivity index (χ4v) is 1.00. The van der Waals surface area contributed by atoms with Crippen molar-refractivity contribution in [3.8, 4) is 0 Å². The summed E-state index contributed by atoms with van der Waals surface area (Å²) in [6.45, 7) is 6.44. The van der Waals surface area contributed by atoms with Crippen molar-refractivity contribution in [3.05, 3.63) is 0 Å². The van der Waals surface area contributed by atoms with Crippen LogP contribution in [0.3, 0.4) is 0 Å². The second kappa shape index (κ2) is 5.45. The third-order valence-corrected chi connectivity index (χ3v) is 2.12. The highest BCUT2D eigenvalue weighted by molar-refractivity contribution is 5.53. The van der Waals surface area contributed by atoms with Crippen molar-refractivity contribution in [1.29, 1.82) is 0 Å². The molecule has 0 saturated carbocycles. The van der Waals surface area contributed by atoms with E-state index in [9.17, 15) is 4.79 Å². The molecule has 0 heterocycles. The third-order valence-electron chi connectivity index (χ3n) is 2.12. The van der Waals surface area contributed by atoms with Gasteiger partial charge in [0.1, 0.15) is 6.29 Å². The first-order chi connectivity index (χ1) is 4.74. The summed E-state index contributed by atoms with van der Waals surface area (Å²) in [7, 11) is 0. The van der Waals surface area contributed by atoms with E-state index in [1.54, 1.807) is 0 Å². The molecule has 0 unspecified atom stereocenters. The van der Waals surface area contributed by atoms with Gasteiger partial charge in [0.2, 0.25) is 0 Å². The van der Waals surface area contributed by atoms with Crippen LogP contribution in [0.5, 0.6) is 0 Å². The van der Waals surface area contributed by atoms with E-state index in [-0.39, 0.29) is 0 Å². The molecule has 0 rings (SSSR count). The van der Waals surface area contributed by atoms with Crippen LogP contribution in [0.4, 0.5) is 0 Å². The molecule has 10 heavy (non-hydrogen) atoms. The lowest BCUT2D eigenvalue weighted by atomic mass is 9.93. The Kier molecular flexibility index (Phi) is 5.27. The van der Waals surface area contributed by atoms with Crippen LogP contribution in [0.15, 0.2) is 0 Å². The van der Waals surface area contributed by atoms with Gasteiger partial charge in [-0.1, -0.05) is 27.2 Å². The molecule has 0 aromatic rings. The van der Waals surface area contributed by atoms with Crippen LogP contribution in [0, 0.1) is 11.8 Å². The second-order valence-electron chi connectivity index (χ2n) is 3.05. The predicted octanol–water partition coefficient (Wildman–Crippen LogP) is 2.65. The van der Waals surface area contributed by atoms with Gasteiger partial charge in [-0.3, -0.25) is 0 Å². The topological polar surface area (TPSA) is 17.1 Å². The lowest BCUT2D eigenvalue weighted by molar-refractivity contribution is -0.111. The van der Waals surface area contributed by atoms with Gasteiger partial charge in [-0.15, -0.1) is 0 Å². The molecular formula is C9H18O. The van der Waals surface area contributed by atoms with Gasteiger partial charge in [-0.25, -0.2) is 0 Å². The standard InChI is InChI=1S/C9H18O/c1-4-8(3)6-9(5-2)7-10/h7-9H,4-6H2,1-3H3/t8-,9+/m1/s1. The van der Waals surface area contributed by atoms with E-state index in [4.69, 9.17) is 0 Å². The van der Waals surface area contributed by atoms with Gasteiger partial charge in [0.05, 0.1) is 0 Å². The Labute approximate surface area is 63.8 Å². The molecule has 0 aliphatic carbocycles. The highest BCUT2D eigenvalue weighted by Crippen LogP contribution is 2.15. The molecule has 0 bridgehead atoms. The van der Waals surface area contributed by atoms with Crippen molar-refractivity contribution in [1.82, 2.24) is 0 Å². The van der Waals surface area contributed by atoms with E-state index in [2.05, 4.69) is 20.8 Å². The zero-order valence-corrected chi connectivity index (χ0v) is 7.26. The summed E-state index contributed by atoms with van der Waals surface area (Å²) in [5, 5.41) is 0. The number of carbonyl (C=O) groups excluding carboxylic acids is 1. The maximum Gasteiger partial charge on any atom is 0.123 e. The highest BCUT2D eigenvalue weighted by Gasteiger charge is 2.07. The summed E-state index contributed by atoms with van der Waals surface area (Å²) in [6.07, 6.45) is 4.33. The minimum atomic E-state index is 0.301. The summed E-state index contributed by atoms with van der Waals surface area (Å²) in [5.41, 5.74) is 0. The predicted molar refractivity (Wildman–Crippen MR) is 43.9 cm³/mol. The smallest absolute Gasteiger partial charge is 0.123 e. The number of hydrogen-bond donors (Lipinski definition) is 0. The van der Waals surface area contributed by atoms with E-state index < -0.39 is 0 Å². The SMILES string of the molecule is CC[C@@H](C)C[C@@H](C=O)CC. The molecule has 0 N–H and O–H groups in total. The van der Waals surface area contributed by atoms with E-state index >= 15 is 0 Å². The lowest BCUT2D eigenvalue weighted by Crippen LogP contribution is -2.05. The maximum absolute atomic E-state index is 10.4. The molecule has 1 heteroatoms. The average Bonchev–Trinajstić information content (AvgIpc) is 1.99. The van der Waals surface area contributed by atoms with E-state index in [1.807, 2.05) is 0 Å². The van der Waals surface area contributed by atoms with Gasteiger partial charge in [0, 0.05) is 5.92 Å². The normalized spacial score (nSPS) is 16.3. The fourth-order valence-electron chi connectivity index (χ4n) is 1.00. The minimum Gasteiger partial charge on any atom is -0.303 e. The molecule has 0 amide bonds. The van der Waals surface area contributed by atoms with Gasteiger partial charge in [0.15, 0.2) is 0 Å². The molecule has 0 aliphatic heterocycles. The van der Waals surface area contributed by atoms with Crippen LogP contribution in [-0.2, 0) is 4.79 Å². The Balaban J connectivity index is 3.51. The van der Waals surface area contributed by atoms with Crippen LogP contribution in [-0.4, -0.2) is 6.29 Å². The Morgan fingerprint density at radius 3 is 2.20 bits per heavy atom. The maximum atomic E-state index is 10.4. The minimum absolute atomic E-state index is 0.301. The van der Waals surface area contributed by atoms with E-state index in [0.717, 1.165) is 19.1 Å². The van der Waals surface area contributed by atoms with Crippen LogP contribution in [0.25, 0.3) is 0 Å². The molecule has 0 saturated heterocycles. The first-order valence-electron chi connectivity index (χ1n) is 4.19. The van der Waals surface area contributed by atoms with Crippen molar-refractivity contribution in [2.45, 2.75) is 40.0 Å². The molecule has 2 atom stereocenters. The largest absolute Gasteiger partial charge is 0.303 e. The summed E-state index contributed by atoms with van der Waals surface area (Å²) < 4.78 is 0. The number of hydrogen-bond acceptors (Lipinski definition) is 1. The quantitative estimate of drug-likeness (QED) is 0.539. The van der Waals surface area contributed by atoms with E-state index in [1.165, 1.54) is 6.42 Å². The summed E-state index contributed by atoms with van der Waals surface area (Å²) in [6, 6.07) is 0. The molecule has 0 aliphatic rings. The van der Waals surface area contributed by atoms with Crippen molar-refractivity contribution >= 4 is 6.29 Å². The van der Waals surface area contributed by atoms with Gasteiger partial charge >= 0.3 is 0 Å². The summed E-state index contributed by atoms with van der Waals surface area (Å²) in [4.78, 5) is 10.4. The molecule has 0 radical (unpaired) electrons. The monoisotopic (exact) mass is 142 g/mol. The molecule has 0 aromatic heterocycles. The molecular weight excluding hydrogens is 124 g/mol. The Hall–Kier alpha value is -0.330. The molecule has 1 nitrogen and oxygen atoms in total. The van der Waals surface area contributed by atoms with Crippen LogP contribution in [0.1, 0.15) is 40.0 Å². The van der Waals surface area contributed by atoms with Crippen molar-refractivity contribution in [2.75, 3.05) is 0 Å². The summed E-state index contributed by atoms with van der Waals surface area (Å²) >= 11 is 0. The third kappa shape index (κ3) is 3.65.